The smallest absolute Gasteiger partial charge is 0.311 e. The van der Waals surface area contributed by atoms with Crippen molar-refractivity contribution in [3.05, 3.63) is 0 Å². The fourth-order valence-corrected chi connectivity index (χ4v) is 1.74. The van der Waals surface area contributed by atoms with Gasteiger partial charge in [0.2, 0.25) is 0 Å². The van der Waals surface area contributed by atoms with Gasteiger partial charge in [-0.2, -0.15) is 0 Å². The van der Waals surface area contributed by atoms with Crippen molar-refractivity contribution in [2.24, 2.45) is 5.73 Å². The van der Waals surface area contributed by atoms with Crippen LogP contribution in [0.3, 0.4) is 0 Å². The van der Waals surface area contributed by atoms with Gasteiger partial charge in [0, 0.05) is 45.8 Å². The molecule has 1 fully saturated rings. The number of hydrogen-bond donors (Lipinski definition) is 2. The van der Waals surface area contributed by atoms with E-state index >= 15 is 0 Å². The first-order valence-electron chi connectivity index (χ1n) is 5.68. The molecule has 6 heteroatoms. The lowest BCUT2D eigenvalue weighted by Crippen LogP contribution is -2.53. The van der Waals surface area contributed by atoms with Crippen LogP contribution in [0.1, 0.15) is 6.92 Å². The van der Waals surface area contributed by atoms with Crippen LogP contribution in [0.2, 0.25) is 0 Å². The van der Waals surface area contributed by atoms with Crippen LogP contribution in [0, 0.1) is 0 Å². The fraction of sp³-hybridized carbons (Fsp3) is 0.800. The highest BCUT2D eigenvalue weighted by molar-refractivity contribution is 6.35. The van der Waals surface area contributed by atoms with Gasteiger partial charge < -0.3 is 16.0 Å². The molecule has 3 N–H and O–H groups in total. The molecule has 2 amide bonds. The average molecular weight is 228 g/mol. The van der Waals surface area contributed by atoms with E-state index in [-0.39, 0.29) is 0 Å². The summed E-state index contributed by atoms with van der Waals surface area (Å²) in [6, 6.07) is 0. The summed E-state index contributed by atoms with van der Waals surface area (Å²) in [7, 11) is 0. The van der Waals surface area contributed by atoms with E-state index in [0.29, 0.717) is 26.2 Å². The maximum atomic E-state index is 11.6. The van der Waals surface area contributed by atoms with Gasteiger partial charge in [0.1, 0.15) is 0 Å². The number of rotatable bonds is 3. The predicted octanol–water partition coefficient (Wildman–Crippen LogP) is -1.77. The molecule has 1 aliphatic rings. The number of amides is 2. The van der Waals surface area contributed by atoms with Crippen LogP contribution in [0.15, 0.2) is 0 Å². The zero-order valence-electron chi connectivity index (χ0n) is 9.74. The summed E-state index contributed by atoms with van der Waals surface area (Å²) in [5, 5.41) is 2.52. The van der Waals surface area contributed by atoms with E-state index in [1.807, 2.05) is 0 Å². The van der Waals surface area contributed by atoms with Gasteiger partial charge in [-0.1, -0.05) is 0 Å². The number of nitrogens with zero attached hydrogens (tertiary/aromatic N) is 2. The average Bonchev–Trinajstić information content (AvgIpc) is 2.30. The van der Waals surface area contributed by atoms with Gasteiger partial charge in [-0.25, -0.2) is 0 Å². The van der Waals surface area contributed by atoms with Gasteiger partial charge in [0.15, 0.2) is 0 Å². The SMILES string of the molecule is CCNC(=O)C(=O)N1CCN(CCN)CC1. The Morgan fingerprint density at radius 2 is 1.88 bits per heavy atom. The molecular formula is C10H20N4O2. The first-order valence-corrected chi connectivity index (χ1v) is 5.68. The lowest BCUT2D eigenvalue weighted by Gasteiger charge is -2.33. The Bertz CT molecular complexity index is 249. The maximum Gasteiger partial charge on any atom is 0.311 e. The number of hydrogen-bond acceptors (Lipinski definition) is 4. The van der Waals surface area contributed by atoms with E-state index in [0.717, 1.165) is 19.6 Å². The number of piperazine rings is 1. The molecule has 0 bridgehead atoms. The van der Waals surface area contributed by atoms with Crippen molar-refractivity contribution in [2.45, 2.75) is 6.92 Å². The molecule has 6 nitrogen and oxygen atoms in total. The highest BCUT2D eigenvalue weighted by Gasteiger charge is 2.24. The number of nitrogens with one attached hydrogen (secondary N) is 1. The van der Waals surface area contributed by atoms with Crippen molar-refractivity contribution >= 4 is 11.8 Å². The van der Waals surface area contributed by atoms with E-state index < -0.39 is 11.8 Å². The third-order valence-electron chi connectivity index (χ3n) is 2.64. The fourth-order valence-electron chi connectivity index (χ4n) is 1.74. The maximum absolute atomic E-state index is 11.6. The van der Waals surface area contributed by atoms with Gasteiger partial charge >= 0.3 is 11.8 Å². The Labute approximate surface area is 95.8 Å². The highest BCUT2D eigenvalue weighted by Crippen LogP contribution is 2.01. The third-order valence-corrected chi connectivity index (χ3v) is 2.64. The summed E-state index contributed by atoms with van der Waals surface area (Å²) in [4.78, 5) is 26.7. The molecule has 0 aromatic heterocycles. The molecule has 1 saturated heterocycles. The van der Waals surface area contributed by atoms with Crippen molar-refractivity contribution in [3.63, 3.8) is 0 Å². The Balaban J connectivity index is 2.35. The van der Waals surface area contributed by atoms with E-state index in [1.54, 1.807) is 11.8 Å². The van der Waals surface area contributed by atoms with Crippen LogP contribution in [-0.4, -0.2) is 67.4 Å². The number of likely N-dealkylation sites (N-methyl/N-ethyl adjacent to an activating group) is 1. The normalized spacial score (nSPS) is 17.2. The lowest BCUT2D eigenvalue weighted by molar-refractivity contribution is -0.146. The van der Waals surface area contributed by atoms with Crippen molar-refractivity contribution in [3.8, 4) is 0 Å². The van der Waals surface area contributed by atoms with Crippen LogP contribution in [0.4, 0.5) is 0 Å². The quantitative estimate of drug-likeness (QED) is 0.560. The van der Waals surface area contributed by atoms with E-state index in [1.165, 1.54) is 0 Å². The molecule has 0 aromatic carbocycles. The summed E-state index contributed by atoms with van der Waals surface area (Å²) in [5.41, 5.74) is 5.46. The molecular weight excluding hydrogens is 208 g/mol. The van der Waals surface area contributed by atoms with Crippen molar-refractivity contribution in [1.82, 2.24) is 15.1 Å². The van der Waals surface area contributed by atoms with Gasteiger partial charge in [-0.15, -0.1) is 0 Å². The van der Waals surface area contributed by atoms with Crippen molar-refractivity contribution in [2.75, 3.05) is 45.8 Å². The van der Waals surface area contributed by atoms with Crippen LogP contribution >= 0.6 is 0 Å². The Morgan fingerprint density at radius 3 is 2.38 bits per heavy atom. The minimum Gasteiger partial charge on any atom is -0.348 e. The van der Waals surface area contributed by atoms with Gasteiger partial charge in [0.05, 0.1) is 0 Å². The summed E-state index contributed by atoms with van der Waals surface area (Å²) in [6.07, 6.45) is 0. The minimum atomic E-state index is -0.505. The van der Waals surface area contributed by atoms with E-state index in [4.69, 9.17) is 5.73 Å². The number of carbonyl (C=O) groups excluding carboxylic acids is 2. The van der Waals surface area contributed by atoms with Gasteiger partial charge in [0.25, 0.3) is 0 Å². The molecule has 1 heterocycles. The monoisotopic (exact) mass is 228 g/mol. The molecule has 0 unspecified atom stereocenters. The first-order chi connectivity index (χ1) is 7.69. The minimum absolute atomic E-state index is 0.422. The van der Waals surface area contributed by atoms with E-state index in [9.17, 15) is 9.59 Å². The summed E-state index contributed by atoms with van der Waals surface area (Å²) >= 11 is 0. The van der Waals surface area contributed by atoms with Gasteiger partial charge in [-0.05, 0) is 6.92 Å². The largest absolute Gasteiger partial charge is 0.348 e. The highest BCUT2D eigenvalue weighted by atomic mass is 16.2. The molecule has 0 aliphatic carbocycles. The number of nitrogens with two attached hydrogens (primary N) is 1. The number of carbonyl (C=O) groups is 2. The molecule has 0 atom stereocenters. The van der Waals surface area contributed by atoms with Crippen molar-refractivity contribution in [1.29, 1.82) is 0 Å². The molecule has 92 valence electrons. The first kappa shape index (κ1) is 12.9. The molecule has 0 radical (unpaired) electrons. The molecule has 1 aliphatic heterocycles. The van der Waals surface area contributed by atoms with Crippen LogP contribution < -0.4 is 11.1 Å². The van der Waals surface area contributed by atoms with Gasteiger partial charge in [-0.3, -0.25) is 14.5 Å². The second-order valence-electron chi connectivity index (χ2n) is 3.78. The Morgan fingerprint density at radius 1 is 1.25 bits per heavy atom. The topological polar surface area (TPSA) is 78.7 Å². The summed E-state index contributed by atoms with van der Waals surface area (Å²) in [6.45, 7) is 6.56. The zero-order valence-corrected chi connectivity index (χ0v) is 9.74. The zero-order chi connectivity index (χ0) is 12.0. The molecule has 0 aromatic rings. The molecule has 1 rings (SSSR count). The lowest BCUT2D eigenvalue weighted by atomic mass is 10.3. The Hall–Kier alpha value is -1.14. The third kappa shape index (κ3) is 3.46. The van der Waals surface area contributed by atoms with E-state index in [2.05, 4.69) is 10.2 Å². The standard InChI is InChI=1S/C10H20N4O2/c1-2-12-9(15)10(16)14-7-5-13(4-3-11)6-8-14/h2-8,11H2,1H3,(H,12,15). The van der Waals surface area contributed by atoms with Crippen LogP contribution in [-0.2, 0) is 9.59 Å². The second kappa shape index (κ2) is 6.44. The second-order valence-corrected chi connectivity index (χ2v) is 3.78. The summed E-state index contributed by atoms with van der Waals surface area (Å²) in [5.74, 6) is -0.927. The predicted molar refractivity (Wildman–Crippen MR) is 60.8 cm³/mol. The van der Waals surface area contributed by atoms with Crippen LogP contribution in [0.25, 0.3) is 0 Å². The molecule has 0 spiro atoms. The summed E-state index contributed by atoms with van der Waals surface area (Å²) < 4.78 is 0. The molecule has 0 saturated carbocycles. The molecule has 16 heavy (non-hydrogen) atoms. The van der Waals surface area contributed by atoms with Crippen molar-refractivity contribution < 1.29 is 9.59 Å². The Kier molecular flexibility index (Phi) is 5.21. The van der Waals surface area contributed by atoms with Crippen LogP contribution in [0.5, 0.6) is 0 Å².